The highest BCUT2D eigenvalue weighted by atomic mass is 16.6. The molecule has 20 heavy (non-hydrogen) atoms. The molecule has 0 radical (unpaired) electrons. The molecule has 0 spiro atoms. The van der Waals surface area contributed by atoms with E-state index in [0.717, 1.165) is 19.5 Å². The van der Waals surface area contributed by atoms with E-state index in [1.165, 1.54) is 6.33 Å². The lowest BCUT2D eigenvalue weighted by molar-refractivity contribution is -0.383. The van der Waals surface area contributed by atoms with Gasteiger partial charge < -0.3 is 15.1 Å². The Morgan fingerprint density at radius 1 is 1.55 bits per heavy atom. The summed E-state index contributed by atoms with van der Waals surface area (Å²) in [6.45, 7) is 3.98. The Hall–Kier alpha value is -1.96. The maximum Gasteiger partial charge on any atom is 0.353 e. The second-order valence-electron chi connectivity index (χ2n) is 5.03. The van der Waals surface area contributed by atoms with Crippen molar-refractivity contribution in [2.45, 2.75) is 19.4 Å². The fraction of sp³-hybridized carbons (Fsp3) is 0.667. The molecule has 110 valence electrons. The zero-order valence-corrected chi connectivity index (χ0v) is 12.0. The van der Waals surface area contributed by atoms with Gasteiger partial charge in [-0.1, -0.05) is 0 Å². The molecule has 1 aromatic rings. The molecular weight excluding hydrogens is 260 g/mol. The molecule has 1 N–H and O–H groups in total. The zero-order valence-electron chi connectivity index (χ0n) is 12.0. The van der Waals surface area contributed by atoms with Crippen molar-refractivity contribution in [1.82, 2.24) is 14.9 Å². The predicted octanol–water partition coefficient (Wildman–Crippen LogP) is 0.957. The smallest absolute Gasteiger partial charge is 0.353 e. The molecule has 2 heterocycles. The van der Waals surface area contributed by atoms with Crippen molar-refractivity contribution in [3.05, 3.63) is 16.4 Å². The van der Waals surface area contributed by atoms with E-state index in [0.29, 0.717) is 18.4 Å². The molecule has 1 unspecified atom stereocenters. The lowest BCUT2D eigenvalue weighted by Crippen LogP contribution is -2.32. The number of hydrogen-bond donors (Lipinski definition) is 1. The molecule has 1 aliphatic heterocycles. The van der Waals surface area contributed by atoms with Crippen LogP contribution < -0.4 is 10.2 Å². The predicted molar refractivity (Wildman–Crippen MR) is 77.2 cm³/mol. The highest BCUT2D eigenvalue weighted by Crippen LogP contribution is 2.33. The third-order valence-electron chi connectivity index (χ3n) is 3.52. The van der Waals surface area contributed by atoms with Crippen molar-refractivity contribution in [3.8, 4) is 0 Å². The van der Waals surface area contributed by atoms with Gasteiger partial charge in [-0.3, -0.25) is 10.1 Å². The molecule has 1 atom stereocenters. The van der Waals surface area contributed by atoms with Gasteiger partial charge in [-0.05, 0) is 27.4 Å². The number of likely N-dealkylation sites (N-methyl/N-ethyl adjacent to an activating group) is 1. The summed E-state index contributed by atoms with van der Waals surface area (Å²) in [6.07, 6.45) is 2.36. The Bertz CT molecular complexity index is 493. The van der Waals surface area contributed by atoms with Gasteiger partial charge >= 0.3 is 5.69 Å². The number of nitro groups is 1. The first-order valence-electron chi connectivity index (χ1n) is 6.69. The summed E-state index contributed by atoms with van der Waals surface area (Å²) >= 11 is 0. The highest BCUT2D eigenvalue weighted by molar-refractivity contribution is 5.70. The van der Waals surface area contributed by atoms with Crippen LogP contribution in [-0.2, 0) is 0 Å². The number of nitrogens with zero attached hydrogens (tertiary/aromatic N) is 5. The number of aromatic nitrogens is 2. The first-order chi connectivity index (χ1) is 9.54. The van der Waals surface area contributed by atoms with Gasteiger partial charge in [0.15, 0.2) is 0 Å². The summed E-state index contributed by atoms with van der Waals surface area (Å²) < 4.78 is 0. The average Bonchev–Trinajstić information content (AvgIpc) is 2.88. The maximum absolute atomic E-state index is 11.3. The SMILES string of the molecule is CCNc1ncnc(N2CCC(N(C)C)C2)c1[N+](=O)[O-]. The summed E-state index contributed by atoms with van der Waals surface area (Å²) in [4.78, 5) is 23.1. The monoisotopic (exact) mass is 280 g/mol. The minimum absolute atomic E-state index is 0.0336. The van der Waals surface area contributed by atoms with Crippen molar-refractivity contribution < 1.29 is 4.92 Å². The molecule has 2 rings (SSSR count). The van der Waals surface area contributed by atoms with Gasteiger partial charge in [0.1, 0.15) is 6.33 Å². The van der Waals surface area contributed by atoms with Crippen LogP contribution in [0.4, 0.5) is 17.3 Å². The number of nitrogens with one attached hydrogen (secondary N) is 1. The summed E-state index contributed by atoms with van der Waals surface area (Å²) in [7, 11) is 4.04. The molecule has 0 aliphatic carbocycles. The Balaban J connectivity index is 2.32. The van der Waals surface area contributed by atoms with Crippen LogP contribution in [-0.4, -0.2) is 59.6 Å². The Morgan fingerprint density at radius 2 is 2.30 bits per heavy atom. The summed E-state index contributed by atoms with van der Waals surface area (Å²) in [6, 6.07) is 0.396. The minimum atomic E-state index is -0.406. The molecule has 8 nitrogen and oxygen atoms in total. The second kappa shape index (κ2) is 6.00. The van der Waals surface area contributed by atoms with Crippen molar-refractivity contribution in [2.24, 2.45) is 0 Å². The molecule has 0 saturated carbocycles. The Morgan fingerprint density at radius 3 is 2.85 bits per heavy atom. The summed E-state index contributed by atoms with van der Waals surface area (Å²) in [5.41, 5.74) is -0.0336. The van der Waals surface area contributed by atoms with E-state index >= 15 is 0 Å². The first kappa shape index (κ1) is 14.4. The van der Waals surface area contributed by atoms with E-state index in [1.54, 1.807) is 0 Å². The average molecular weight is 280 g/mol. The van der Waals surface area contributed by atoms with Gasteiger partial charge in [-0.2, -0.15) is 0 Å². The normalized spacial score (nSPS) is 18.6. The van der Waals surface area contributed by atoms with Crippen molar-refractivity contribution in [2.75, 3.05) is 43.9 Å². The molecule has 0 bridgehead atoms. The van der Waals surface area contributed by atoms with Crippen LogP contribution in [0.2, 0.25) is 0 Å². The van der Waals surface area contributed by atoms with Crippen molar-refractivity contribution in [1.29, 1.82) is 0 Å². The first-order valence-corrected chi connectivity index (χ1v) is 6.69. The van der Waals surface area contributed by atoms with Gasteiger partial charge in [0.05, 0.1) is 4.92 Å². The van der Waals surface area contributed by atoms with Gasteiger partial charge in [-0.15, -0.1) is 0 Å². The molecule has 1 saturated heterocycles. The molecule has 1 aromatic heterocycles. The summed E-state index contributed by atoms with van der Waals surface area (Å²) in [5.74, 6) is 0.695. The standard InChI is InChI=1S/C12H20N6O2/c1-4-13-11-10(18(19)20)12(15-8-14-11)17-6-5-9(7-17)16(2)3/h8-9H,4-7H2,1-3H3,(H,13,14,15). The van der Waals surface area contributed by atoms with Crippen LogP contribution in [0, 0.1) is 10.1 Å². The molecular formula is C12H20N6O2. The van der Waals surface area contributed by atoms with Crippen LogP contribution in [0.5, 0.6) is 0 Å². The van der Waals surface area contributed by atoms with Crippen LogP contribution >= 0.6 is 0 Å². The van der Waals surface area contributed by atoms with E-state index in [2.05, 4.69) is 20.2 Å². The highest BCUT2D eigenvalue weighted by Gasteiger charge is 2.32. The number of anilines is 2. The molecule has 1 aliphatic rings. The van der Waals surface area contributed by atoms with Gasteiger partial charge in [-0.25, -0.2) is 9.97 Å². The van der Waals surface area contributed by atoms with Gasteiger partial charge in [0, 0.05) is 25.7 Å². The maximum atomic E-state index is 11.3. The van der Waals surface area contributed by atoms with E-state index in [1.807, 2.05) is 25.9 Å². The Labute approximate surface area is 118 Å². The van der Waals surface area contributed by atoms with Crippen LogP contribution in [0.1, 0.15) is 13.3 Å². The van der Waals surface area contributed by atoms with Crippen LogP contribution in [0.15, 0.2) is 6.33 Å². The van der Waals surface area contributed by atoms with Crippen LogP contribution in [0.3, 0.4) is 0 Å². The Kier molecular flexibility index (Phi) is 4.33. The van der Waals surface area contributed by atoms with E-state index in [9.17, 15) is 10.1 Å². The lowest BCUT2D eigenvalue weighted by Gasteiger charge is -2.21. The third-order valence-corrected chi connectivity index (χ3v) is 3.52. The third kappa shape index (κ3) is 2.79. The van der Waals surface area contributed by atoms with Crippen molar-refractivity contribution in [3.63, 3.8) is 0 Å². The van der Waals surface area contributed by atoms with E-state index < -0.39 is 4.92 Å². The molecule has 0 amide bonds. The van der Waals surface area contributed by atoms with E-state index in [4.69, 9.17) is 0 Å². The summed E-state index contributed by atoms with van der Waals surface area (Å²) in [5, 5.41) is 14.3. The quantitative estimate of drug-likeness (QED) is 0.634. The van der Waals surface area contributed by atoms with Gasteiger partial charge in [0.25, 0.3) is 0 Å². The fourth-order valence-corrected chi connectivity index (χ4v) is 2.42. The largest absolute Gasteiger partial charge is 0.364 e. The molecule has 1 fully saturated rings. The molecule has 0 aromatic carbocycles. The molecule has 8 heteroatoms. The second-order valence-corrected chi connectivity index (χ2v) is 5.03. The van der Waals surface area contributed by atoms with Gasteiger partial charge in [0.2, 0.25) is 11.6 Å². The van der Waals surface area contributed by atoms with Crippen LogP contribution in [0.25, 0.3) is 0 Å². The van der Waals surface area contributed by atoms with E-state index in [-0.39, 0.29) is 11.5 Å². The zero-order chi connectivity index (χ0) is 14.7. The number of rotatable bonds is 5. The number of hydrogen-bond acceptors (Lipinski definition) is 7. The fourth-order valence-electron chi connectivity index (χ4n) is 2.42. The topological polar surface area (TPSA) is 87.4 Å². The van der Waals surface area contributed by atoms with Crippen molar-refractivity contribution >= 4 is 17.3 Å². The lowest BCUT2D eigenvalue weighted by atomic mass is 10.2. The minimum Gasteiger partial charge on any atom is -0.364 e.